The van der Waals surface area contributed by atoms with Gasteiger partial charge in [-0.15, -0.1) is 0 Å². The Morgan fingerprint density at radius 1 is 1.05 bits per heavy atom. The highest BCUT2D eigenvalue weighted by atomic mass is 19.3. The van der Waals surface area contributed by atoms with E-state index in [0.717, 1.165) is 46.7 Å². The smallest absolute Gasteiger partial charge is 0.415 e. The van der Waals surface area contributed by atoms with Gasteiger partial charge in [-0.25, -0.2) is 28.5 Å². The molecule has 0 radical (unpaired) electrons. The molecule has 3 aromatic heterocycles. The lowest BCUT2D eigenvalue weighted by atomic mass is 10.0. The fraction of sp³-hybridized carbons (Fsp3) is 0.500. The Morgan fingerprint density at radius 3 is 2.67 bits per heavy atom. The number of carbonyl (C=O) groups is 1. The van der Waals surface area contributed by atoms with Crippen LogP contribution in [0.5, 0.6) is 5.88 Å². The summed E-state index contributed by atoms with van der Waals surface area (Å²) in [4.78, 5) is 37.1. The molecule has 3 aliphatic rings. The molecular formula is C30H36F2N8O3. The maximum absolute atomic E-state index is 13.1. The van der Waals surface area contributed by atoms with Crippen LogP contribution in [0.15, 0.2) is 24.7 Å². The number of carbonyl (C=O) groups excluding carboxylic acids is 1. The van der Waals surface area contributed by atoms with Crippen LogP contribution in [0, 0.1) is 6.92 Å². The number of alkyl halides is 2. The summed E-state index contributed by atoms with van der Waals surface area (Å²) in [6.07, 6.45) is 3.97. The number of amides is 1. The highest BCUT2D eigenvalue weighted by Crippen LogP contribution is 2.40. The Bertz CT molecular complexity index is 1530. The van der Waals surface area contributed by atoms with Crippen molar-refractivity contribution in [3.63, 3.8) is 0 Å². The molecule has 0 aromatic carbocycles. The van der Waals surface area contributed by atoms with Gasteiger partial charge in [0.15, 0.2) is 0 Å². The van der Waals surface area contributed by atoms with Crippen LogP contribution in [0.25, 0.3) is 0 Å². The zero-order valence-electron chi connectivity index (χ0n) is 24.9. The number of ether oxygens (including phenoxy) is 2. The molecule has 0 saturated carbocycles. The zero-order chi connectivity index (χ0) is 30.3. The fourth-order valence-electron chi connectivity index (χ4n) is 5.75. The van der Waals surface area contributed by atoms with Crippen molar-refractivity contribution in [1.29, 1.82) is 0 Å². The van der Waals surface area contributed by atoms with Gasteiger partial charge in [0, 0.05) is 43.5 Å². The van der Waals surface area contributed by atoms with Crippen LogP contribution in [-0.2, 0) is 30.7 Å². The second-order valence-electron chi connectivity index (χ2n) is 12.1. The third kappa shape index (κ3) is 6.31. The molecule has 0 unspecified atom stereocenters. The topological polar surface area (TPSA) is 109 Å². The number of rotatable bonds is 5. The molecule has 0 atom stereocenters. The lowest BCUT2D eigenvalue weighted by Crippen LogP contribution is -2.42. The molecule has 1 N–H and O–H groups in total. The molecule has 3 aromatic rings. The van der Waals surface area contributed by atoms with Crippen LogP contribution in [0.1, 0.15) is 48.8 Å². The van der Waals surface area contributed by atoms with E-state index >= 15 is 0 Å². The molecule has 6 rings (SSSR count). The quantitative estimate of drug-likeness (QED) is 0.449. The fourth-order valence-corrected chi connectivity index (χ4v) is 5.75. The van der Waals surface area contributed by atoms with E-state index in [1.165, 1.54) is 0 Å². The third-order valence-electron chi connectivity index (χ3n) is 7.74. The Balaban J connectivity index is 1.20. The van der Waals surface area contributed by atoms with Crippen LogP contribution in [-0.4, -0.2) is 75.7 Å². The minimum absolute atomic E-state index is 0.243. The Hall–Kier alpha value is -4.13. The summed E-state index contributed by atoms with van der Waals surface area (Å²) in [6, 6.07) is 1.94. The first-order chi connectivity index (χ1) is 20.5. The number of hydrogen-bond donors (Lipinski definition) is 1. The number of nitrogens with one attached hydrogen (secondary N) is 1. The monoisotopic (exact) mass is 594 g/mol. The van der Waals surface area contributed by atoms with Crippen molar-refractivity contribution in [1.82, 2.24) is 24.8 Å². The van der Waals surface area contributed by atoms with E-state index in [1.54, 1.807) is 22.2 Å². The number of aromatic nitrogens is 4. The first kappa shape index (κ1) is 29.0. The second-order valence-corrected chi connectivity index (χ2v) is 12.1. The average molecular weight is 595 g/mol. The number of anilines is 4. The van der Waals surface area contributed by atoms with Crippen molar-refractivity contribution in [3.05, 3.63) is 52.7 Å². The highest BCUT2D eigenvalue weighted by Gasteiger charge is 2.33. The Labute approximate surface area is 249 Å². The first-order valence-electron chi connectivity index (χ1n) is 14.5. The third-order valence-corrected chi connectivity index (χ3v) is 7.74. The van der Waals surface area contributed by atoms with Crippen LogP contribution in [0.3, 0.4) is 0 Å². The van der Waals surface area contributed by atoms with Crippen LogP contribution < -0.4 is 19.9 Å². The molecular weight excluding hydrogens is 558 g/mol. The van der Waals surface area contributed by atoms with Gasteiger partial charge in [-0.05, 0) is 51.3 Å². The highest BCUT2D eigenvalue weighted by molar-refractivity contribution is 5.92. The molecule has 1 amide bonds. The maximum atomic E-state index is 13.1. The Morgan fingerprint density at radius 2 is 1.88 bits per heavy atom. The largest absolute Gasteiger partial charge is 0.474 e. The SMILES string of the molecule is Cc1c(N2CCc3cnc(Nc4cnc5c(c4)CN(CC(F)F)CC5)nc3C2)cnc2c1N(C(=O)OC(C)(C)C)CCO2. The number of fused-ring (bicyclic) bond motifs is 3. The summed E-state index contributed by atoms with van der Waals surface area (Å²) in [6.45, 7) is 10.3. The van der Waals surface area contributed by atoms with Gasteiger partial charge >= 0.3 is 6.09 Å². The molecule has 13 heteroatoms. The molecule has 43 heavy (non-hydrogen) atoms. The van der Waals surface area contributed by atoms with E-state index in [4.69, 9.17) is 14.5 Å². The van der Waals surface area contributed by atoms with Crippen LogP contribution >= 0.6 is 0 Å². The van der Waals surface area contributed by atoms with Gasteiger partial charge < -0.3 is 19.7 Å². The summed E-state index contributed by atoms with van der Waals surface area (Å²) < 4.78 is 37.3. The number of halogens is 2. The lowest BCUT2D eigenvalue weighted by molar-refractivity contribution is 0.0566. The van der Waals surface area contributed by atoms with E-state index < -0.39 is 18.1 Å². The summed E-state index contributed by atoms with van der Waals surface area (Å²) in [5.41, 5.74) is 6.30. The van der Waals surface area contributed by atoms with Gasteiger partial charge in [-0.1, -0.05) is 0 Å². The number of nitrogens with zero attached hydrogens (tertiary/aromatic N) is 7. The van der Waals surface area contributed by atoms with E-state index in [9.17, 15) is 13.6 Å². The summed E-state index contributed by atoms with van der Waals surface area (Å²) in [5, 5.41) is 3.25. The van der Waals surface area contributed by atoms with Crippen molar-refractivity contribution >= 4 is 29.1 Å². The molecule has 11 nitrogen and oxygen atoms in total. The van der Waals surface area contributed by atoms with Crippen LogP contribution in [0.4, 0.5) is 36.6 Å². The summed E-state index contributed by atoms with van der Waals surface area (Å²) >= 11 is 0. The van der Waals surface area contributed by atoms with Gasteiger partial charge in [0.1, 0.15) is 17.9 Å². The van der Waals surface area contributed by atoms with Crippen molar-refractivity contribution < 1.29 is 23.0 Å². The minimum Gasteiger partial charge on any atom is -0.474 e. The van der Waals surface area contributed by atoms with Gasteiger partial charge in [-0.3, -0.25) is 14.8 Å². The summed E-state index contributed by atoms with van der Waals surface area (Å²) in [7, 11) is 0. The first-order valence-corrected chi connectivity index (χ1v) is 14.5. The number of hydrogen-bond acceptors (Lipinski definition) is 10. The maximum Gasteiger partial charge on any atom is 0.415 e. The molecule has 228 valence electrons. The van der Waals surface area contributed by atoms with Gasteiger partial charge in [0.05, 0.1) is 49.1 Å². The molecule has 3 aliphatic heterocycles. The molecule has 6 heterocycles. The molecule has 0 aliphatic carbocycles. The van der Waals surface area contributed by atoms with Gasteiger partial charge in [-0.2, -0.15) is 0 Å². The predicted molar refractivity (Wildman–Crippen MR) is 157 cm³/mol. The van der Waals surface area contributed by atoms with E-state index in [1.807, 2.05) is 40.0 Å². The molecule has 0 saturated heterocycles. The van der Waals surface area contributed by atoms with Crippen molar-refractivity contribution in [3.8, 4) is 5.88 Å². The van der Waals surface area contributed by atoms with Crippen LogP contribution in [0.2, 0.25) is 0 Å². The van der Waals surface area contributed by atoms with E-state index in [0.29, 0.717) is 62.4 Å². The lowest BCUT2D eigenvalue weighted by Gasteiger charge is -2.35. The minimum atomic E-state index is -2.36. The van der Waals surface area contributed by atoms with Gasteiger partial charge in [0.25, 0.3) is 6.43 Å². The van der Waals surface area contributed by atoms with E-state index in [2.05, 4.69) is 25.2 Å². The van der Waals surface area contributed by atoms with Crippen molar-refractivity contribution in [2.45, 2.75) is 65.7 Å². The van der Waals surface area contributed by atoms with E-state index in [-0.39, 0.29) is 6.54 Å². The summed E-state index contributed by atoms with van der Waals surface area (Å²) in [5.74, 6) is 0.855. The number of pyridine rings is 2. The zero-order valence-corrected chi connectivity index (χ0v) is 24.9. The average Bonchev–Trinajstić information content (AvgIpc) is 2.95. The molecule has 0 fully saturated rings. The Kier molecular flexibility index (Phi) is 7.75. The van der Waals surface area contributed by atoms with Crippen molar-refractivity contribution in [2.75, 3.05) is 47.9 Å². The predicted octanol–water partition coefficient (Wildman–Crippen LogP) is 4.64. The standard InChI is InChI=1S/C30H36F2N8O3/c1-18-24(14-34-27-26(18)40(9-10-42-27)29(41)43-30(2,3)4)39-8-5-19-12-35-28(37-23(19)16-39)36-21-11-20-15-38(17-25(31)32)7-6-22(20)33-13-21/h11-14,25H,5-10,15-17H2,1-4H3,(H,35,36,37). The van der Waals surface area contributed by atoms with Gasteiger partial charge in [0.2, 0.25) is 11.8 Å². The second kappa shape index (κ2) is 11.5. The van der Waals surface area contributed by atoms with Crippen molar-refractivity contribution in [2.24, 2.45) is 0 Å². The molecule has 0 bridgehead atoms. The normalized spacial score (nSPS) is 16.7. The molecule has 0 spiro atoms.